The molecule has 1 heterocycles. The van der Waals surface area contributed by atoms with Crippen LogP contribution < -0.4 is 5.32 Å². The van der Waals surface area contributed by atoms with Gasteiger partial charge in [0.1, 0.15) is 6.07 Å². The number of carbonyl (C=O) groups is 2. The fourth-order valence-electron chi connectivity index (χ4n) is 2.32. The van der Waals surface area contributed by atoms with Gasteiger partial charge in [-0.2, -0.15) is 5.26 Å². The highest BCUT2D eigenvalue weighted by molar-refractivity contribution is 6.01. The zero-order valence-corrected chi connectivity index (χ0v) is 11.4. The van der Waals surface area contributed by atoms with Crippen molar-refractivity contribution < 1.29 is 19.4 Å². The zero-order valence-electron chi connectivity index (χ0n) is 11.4. The lowest BCUT2D eigenvalue weighted by molar-refractivity contribution is -0.143. The highest BCUT2D eigenvalue weighted by atomic mass is 16.5. The quantitative estimate of drug-likeness (QED) is 0.495. The van der Waals surface area contributed by atoms with E-state index < -0.39 is 12.0 Å². The molecule has 0 amide bonds. The van der Waals surface area contributed by atoms with Gasteiger partial charge in [-0.05, 0) is 12.5 Å². The topological polar surface area (TPSA) is 99.4 Å². The molecule has 0 fully saturated rings. The van der Waals surface area contributed by atoms with Gasteiger partial charge in [-0.3, -0.25) is 4.79 Å². The first kappa shape index (κ1) is 14.6. The minimum atomic E-state index is -1.30. The first-order chi connectivity index (χ1) is 10.1. The van der Waals surface area contributed by atoms with E-state index in [1.807, 2.05) is 0 Å². The summed E-state index contributed by atoms with van der Waals surface area (Å²) in [4.78, 5) is 22.8. The van der Waals surface area contributed by atoms with E-state index >= 15 is 0 Å². The molecule has 0 aliphatic carbocycles. The summed E-state index contributed by atoms with van der Waals surface area (Å²) in [6.07, 6.45) is 0.0761. The lowest BCUT2D eigenvalue weighted by atomic mass is 10.0. The molecule has 1 atom stereocenters. The van der Waals surface area contributed by atoms with Crippen LogP contribution in [0.15, 0.2) is 29.8 Å². The van der Waals surface area contributed by atoms with Crippen molar-refractivity contribution in [2.75, 3.05) is 6.61 Å². The summed E-state index contributed by atoms with van der Waals surface area (Å²) in [7, 11) is 0. The van der Waals surface area contributed by atoms with Gasteiger partial charge in [0.05, 0.1) is 24.8 Å². The number of carboxylic acids is 1. The minimum Gasteiger partial charge on any atom is -0.477 e. The van der Waals surface area contributed by atoms with Crippen LogP contribution in [-0.4, -0.2) is 23.7 Å². The van der Waals surface area contributed by atoms with E-state index in [1.54, 1.807) is 37.3 Å². The van der Waals surface area contributed by atoms with Crippen LogP contribution in [0.25, 0.3) is 5.70 Å². The van der Waals surface area contributed by atoms with Crippen molar-refractivity contribution in [2.45, 2.75) is 19.4 Å². The van der Waals surface area contributed by atoms with E-state index in [1.165, 1.54) is 0 Å². The largest absolute Gasteiger partial charge is 0.477 e. The van der Waals surface area contributed by atoms with Crippen molar-refractivity contribution in [1.82, 2.24) is 5.32 Å². The van der Waals surface area contributed by atoms with Crippen LogP contribution >= 0.6 is 0 Å². The number of carboxylic acid groups (broad SMARTS) is 1. The molecule has 2 N–H and O–H groups in total. The number of benzene rings is 1. The molecule has 0 bridgehead atoms. The molecule has 1 unspecified atom stereocenters. The van der Waals surface area contributed by atoms with Crippen LogP contribution in [-0.2, 0) is 14.3 Å². The van der Waals surface area contributed by atoms with Crippen molar-refractivity contribution in [1.29, 1.82) is 5.26 Å². The normalized spacial score (nSPS) is 18.2. The van der Waals surface area contributed by atoms with Gasteiger partial charge in [0, 0.05) is 5.56 Å². The molecule has 1 aliphatic heterocycles. The van der Waals surface area contributed by atoms with Crippen LogP contribution in [0.3, 0.4) is 0 Å². The van der Waals surface area contributed by atoms with Gasteiger partial charge in [-0.25, -0.2) is 4.79 Å². The Morgan fingerprint density at radius 1 is 1.43 bits per heavy atom. The second-order valence-corrected chi connectivity index (χ2v) is 4.46. The first-order valence-corrected chi connectivity index (χ1v) is 6.47. The number of esters is 1. The van der Waals surface area contributed by atoms with Crippen LogP contribution in [0.2, 0.25) is 0 Å². The van der Waals surface area contributed by atoms with Gasteiger partial charge in [0.15, 0.2) is 5.57 Å². The Morgan fingerprint density at radius 2 is 2.14 bits per heavy atom. The van der Waals surface area contributed by atoms with E-state index in [0.29, 0.717) is 5.56 Å². The molecule has 1 aliphatic rings. The molecule has 2 rings (SSSR count). The van der Waals surface area contributed by atoms with Crippen LogP contribution in [0.5, 0.6) is 0 Å². The summed E-state index contributed by atoms with van der Waals surface area (Å²) < 4.78 is 4.91. The maximum Gasteiger partial charge on any atom is 0.348 e. The molecule has 1 aromatic carbocycles. The Balaban J connectivity index is 2.41. The summed E-state index contributed by atoms with van der Waals surface area (Å²) in [5, 5.41) is 21.1. The number of nitrogens with one attached hydrogen (secondary N) is 1. The van der Waals surface area contributed by atoms with Gasteiger partial charge in [0.25, 0.3) is 0 Å². The SMILES string of the molecule is CCOC(=O)CC1N/C(=C(/C#N)C(=O)O)c2ccccc21. The fraction of sp³-hybridized carbons (Fsp3) is 0.267. The van der Waals surface area contributed by atoms with Gasteiger partial charge >= 0.3 is 11.9 Å². The summed E-state index contributed by atoms with van der Waals surface area (Å²) in [6.45, 7) is 2.01. The summed E-state index contributed by atoms with van der Waals surface area (Å²) >= 11 is 0. The number of fused-ring (bicyclic) bond motifs is 1. The number of hydrogen-bond acceptors (Lipinski definition) is 5. The Labute approximate surface area is 121 Å². The second kappa shape index (κ2) is 6.09. The van der Waals surface area contributed by atoms with Gasteiger partial charge in [-0.15, -0.1) is 0 Å². The molecular formula is C15H14N2O4. The zero-order chi connectivity index (χ0) is 15.4. The number of aliphatic carboxylic acids is 1. The Hall–Kier alpha value is -2.81. The van der Waals surface area contributed by atoms with Crippen molar-refractivity contribution >= 4 is 17.6 Å². The predicted molar refractivity (Wildman–Crippen MR) is 73.7 cm³/mol. The molecule has 0 radical (unpaired) electrons. The smallest absolute Gasteiger partial charge is 0.348 e. The number of ether oxygens (including phenoxy) is 1. The molecule has 1 aromatic rings. The molecular weight excluding hydrogens is 272 g/mol. The maximum absolute atomic E-state index is 11.6. The average molecular weight is 286 g/mol. The predicted octanol–water partition coefficient (Wildman–Crippen LogP) is 1.60. The van der Waals surface area contributed by atoms with Gasteiger partial charge in [-0.1, -0.05) is 24.3 Å². The van der Waals surface area contributed by atoms with Crippen molar-refractivity contribution in [3.05, 3.63) is 41.0 Å². The number of rotatable bonds is 4. The van der Waals surface area contributed by atoms with E-state index in [0.717, 1.165) is 5.56 Å². The summed E-state index contributed by atoms with van der Waals surface area (Å²) in [5.41, 5.74) is 1.30. The van der Waals surface area contributed by atoms with Crippen molar-refractivity contribution in [3.8, 4) is 6.07 Å². The van der Waals surface area contributed by atoms with E-state index in [4.69, 9.17) is 15.1 Å². The van der Waals surface area contributed by atoms with E-state index in [2.05, 4.69) is 5.32 Å². The number of nitriles is 1. The highest BCUT2D eigenvalue weighted by Gasteiger charge is 2.31. The molecule has 0 aromatic heterocycles. The fourth-order valence-corrected chi connectivity index (χ4v) is 2.32. The monoisotopic (exact) mass is 286 g/mol. The molecule has 0 spiro atoms. The molecule has 108 valence electrons. The van der Waals surface area contributed by atoms with Gasteiger partial charge in [0.2, 0.25) is 0 Å². The third-order valence-corrected chi connectivity index (χ3v) is 3.18. The van der Waals surface area contributed by atoms with E-state index in [-0.39, 0.29) is 30.3 Å². The van der Waals surface area contributed by atoms with Crippen LogP contribution in [0.1, 0.15) is 30.5 Å². The first-order valence-electron chi connectivity index (χ1n) is 6.47. The average Bonchev–Trinajstić information content (AvgIpc) is 2.79. The molecule has 21 heavy (non-hydrogen) atoms. The number of hydrogen-bond donors (Lipinski definition) is 2. The number of nitrogens with zero attached hydrogens (tertiary/aromatic N) is 1. The molecule has 6 heteroatoms. The van der Waals surface area contributed by atoms with E-state index in [9.17, 15) is 9.59 Å². The van der Waals surface area contributed by atoms with Crippen molar-refractivity contribution in [3.63, 3.8) is 0 Å². The molecule has 0 saturated heterocycles. The highest BCUT2D eigenvalue weighted by Crippen LogP contribution is 2.35. The minimum absolute atomic E-state index is 0.0761. The third kappa shape index (κ3) is 2.87. The number of carbonyl (C=O) groups excluding carboxylic acids is 1. The standard InChI is InChI=1S/C15H14N2O4/c1-2-21-13(18)7-12-9-5-3-4-6-10(9)14(17-12)11(8-16)15(19)20/h3-6,12,17H,2,7H2,1H3,(H,19,20)/b14-11-. The summed E-state index contributed by atoms with van der Waals surface area (Å²) in [5.74, 6) is -1.67. The van der Waals surface area contributed by atoms with Crippen molar-refractivity contribution in [2.24, 2.45) is 0 Å². The molecule has 6 nitrogen and oxygen atoms in total. The third-order valence-electron chi connectivity index (χ3n) is 3.18. The Bertz CT molecular complexity index is 658. The lowest BCUT2D eigenvalue weighted by Crippen LogP contribution is -2.19. The van der Waals surface area contributed by atoms with Gasteiger partial charge < -0.3 is 15.2 Å². The summed E-state index contributed by atoms with van der Waals surface area (Å²) in [6, 6.07) is 8.38. The van der Waals surface area contributed by atoms with Crippen LogP contribution in [0, 0.1) is 11.3 Å². The maximum atomic E-state index is 11.6. The Kier molecular flexibility index (Phi) is 4.24. The molecule has 0 saturated carbocycles. The second-order valence-electron chi connectivity index (χ2n) is 4.46. The lowest BCUT2D eigenvalue weighted by Gasteiger charge is -2.11. The Morgan fingerprint density at radius 3 is 2.76 bits per heavy atom. The van der Waals surface area contributed by atoms with Crippen LogP contribution in [0.4, 0.5) is 0 Å².